The van der Waals surface area contributed by atoms with Crippen molar-refractivity contribution in [1.29, 1.82) is 0 Å². The van der Waals surface area contributed by atoms with Gasteiger partial charge in [0.2, 0.25) is 5.91 Å². The average Bonchev–Trinajstić information content (AvgIpc) is 2.46. The molecule has 0 aliphatic rings. The van der Waals surface area contributed by atoms with Crippen LogP contribution in [0.1, 0.15) is 57.9 Å². The molecular formula is C16H24N2O2. The first kappa shape index (κ1) is 16.2. The van der Waals surface area contributed by atoms with Crippen LogP contribution in [0.25, 0.3) is 0 Å². The molecule has 20 heavy (non-hydrogen) atoms. The van der Waals surface area contributed by atoms with Crippen LogP contribution in [0.3, 0.4) is 0 Å². The lowest BCUT2D eigenvalue weighted by atomic mass is 10.1. The van der Waals surface area contributed by atoms with Crippen LogP contribution in [0.2, 0.25) is 0 Å². The summed E-state index contributed by atoms with van der Waals surface area (Å²) in [7, 11) is 0. The molecule has 0 atom stereocenters. The Morgan fingerprint density at radius 2 is 1.85 bits per heavy atom. The summed E-state index contributed by atoms with van der Waals surface area (Å²) in [4.78, 5) is 11.7. The molecule has 0 aliphatic carbocycles. The quantitative estimate of drug-likeness (QED) is 0.433. The first-order valence-corrected chi connectivity index (χ1v) is 7.32. The van der Waals surface area contributed by atoms with Crippen LogP contribution in [0.5, 0.6) is 5.75 Å². The number of hydrogen-bond acceptors (Lipinski definition) is 3. The van der Waals surface area contributed by atoms with Crippen molar-refractivity contribution < 1.29 is 9.90 Å². The number of aromatic hydroxyl groups is 1. The molecule has 1 aromatic carbocycles. The first-order valence-electron chi connectivity index (χ1n) is 7.32. The van der Waals surface area contributed by atoms with E-state index in [9.17, 15) is 9.90 Å². The number of amides is 1. The van der Waals surface area contributed by atoms with E-state index in [-0.39, 0.29) is 11.7 Å². The molecule has 1 aromatic rings. The van der Waals surface area contributed by atoms with E-state index >= 15 is 0 Å². The van der Waals surface area contributed by atoms with Gasteiger partial charge in [0.1, 0.15) is 5.75 Å². The molecule has 1 amide bonds. The van der Waals surface area contributed by atoms with E-state index < -0.39 is 0 Å². The second kappa shape index (κ2) is 9.13. The lowest BCUT2D eigenvalue weighted by Gasteiger charge is -2.05. The number of hydrogen-bond donors (Lipinski definition) is 2. The molecule has 0 aromatic heterocycles. The highest BCUT2D eigenvalue weighted by molar-refractivity contribution is 6.00. The Labute approximate surface area is 120 Å². The van der Waals surface area contributed by atoms with E-state index in [0.717, 1.165) is 30.5 Å². The predicted octanol–water partition coefficient (Wildman–Crippen LogP) is 3.59. The van der Waals surface area contributed by atoms with Gasteiger partial charge in [0, 0.05) is 6.42 Å². The van der Waals surface area contributed by atoms with Gasteiger partial charge in [-0.15, -0.1) is 0 Å². The maximum absolute atomic E-state index is 11.7. The number of benzene rings is 1. The molecule has 0 aliphatic heterocycles. The van der Waals surface area contributed by atoms with E-state index in [0.29, 0.717) is 6.42 Å². The van der Waals surface area contributed by atoms with Crippen molar-refractivity contribution in [2.75, 3.05) is 0 Å². The molecule has 110 valence electrons. The van der Waals surface area contributed by atoms with Gasteiger partial charge in [-0.3, -0.25) is 4.79 Å². The van der Waals surface area contributed by atoms with Crippen molar-refractivity contribution in [3.63, 3.8) is 0 Å². The molecule has 2 N–H and O–H groups in total. The number of nitrogens with zero attached hydrogens (tertiary/aromatic N) is 1. The summed E-state index contributed by atoms with van der Waals surface area (Å²) in [6, 6.07) is 6.83. The first-order chi connectivity index (χ1) is 9.67. The zero-order valence-electron chi connectivity index (χ0n) is 12.4. The molecule has 0 bridgehead atoms. The maximum Gasteiger partial charge on any atom is 0.240 e. The van der Waals surface area contributed by atoms with Gasteiger partial charge in [-0.2, -0.15) is 5.10 Å². The number of carbonyl (C=O) groups is 1. The second-order valence-electron chi connectivity index (χ2n) is 4.80. The minimum Gasteiger partial charge on any atom is -0.508 e. The van der Waals surface area contributed by atoms with Crippen LogP contribution in [0.4, 0.5) is 0 Å². The van der Waals surface area contributed by atoms with Crippen LogP contribution in [-0.2, 0) is 4.79 Å². The highest BCUT2D eigenvalue weighted by Gasteiger charge is 2.04. The number of hydrazone groups is 1. The van der Waals surface area contributed by atoms with E-state index in [1.54, 1.807) is 24.3 Å². The van der Waals surface area contributed by atoms with Crippen molar-refractivity contribution in [3.05, 3.63) is 29.8 Å². The standard InChI is InChI=1S/C16H24N2O2/c1-3-5-6-7-8-16(20)18-17-15(4-2)13-9-11-14(19)12-10-13/h9-12,19H,3-8H2,1-2H3,(H,18,20). The van der Waals surface area contributed by atoms with E-state index in [4.69, 9.17) is 0 Å². The molecule has 0 spiro atoms. The number of unbranched alkanes of at least 4 members (excludes halogenated alkanes) is 3. The third kappa shape index (κ3) is 5.87. The van der Waals surface area contributed by atoms with Crippen LogP contribution in [0.15, 0.2) is 29.4 Å². The topological polar surface area (TPSA) is 61.7 Å². The number of carbonyl (C=O) groups excluding carboxylic acids is 1. The van der Waals surface area contributed by atoms with Crippen molar-refractivity contribution in [3.8, 4) is 5.75 Å². The second-order valence-corrected chi connectivity index (χ2v) is 4.80. The van der Waals surface area contributed by atoms with E-state index in [1.807, 2.05) is 6.92 Å². The van der Waals surface area contributed by atoms with Crippen molar-refractivity contribution in [2.45, 2.75) is 52.4 Å². The predicted molar refractivity (Wildman–Crippen MR) is 81.8 cm³/mol. The van der Waals surface area contributed by atoms with Gasteiger partial charge < -0.3 is 5.11 Å². The highest BCUT2D eigenvalue weighted by atomic mass is 16.3. The fourth-order valence-electron chi connectivity index (χ4n) is 1.90. The van der Waals surface area contributed by atoms with E-state index in [1.165, 1.54) is 12.8 Å². The number of phenols is 1. The third-order valence-corrected chi connectivity index (χ3v) is 3.11. The normalized spacial score (nSPS) is 11.4. The molecule has 0 radical (unpaired) electrons. The highest BCUT2D eigenvalue weighted by Crippen LogP contribution is 2.11. The smallest absolute Gasteiger partial charge is 0.240 e. The average molecular weight is 276 g/mol. The van der Waals surface area contributed by atoms with Gasteiger partial charge in [0.25, 0.3) is 0 Å². The zero-order chi connectivity index (χ0) is 14.8. The van der Waals surface area contributed by atoms with Crippen molar-refractivity contribution in [2.24, 2.45) is 5.10 Å². The molecule has 0 fully saturated rings. The van der Waals surface area contributed by atoms with Gasteiger partial charge in [-0.1, -0.05) is 33.1 Å². The Kier molecular flexibility index (Phi) is 7.40. The summed E-state index contributed by atoms with van der Waals surface area (Å²) >= 11 is 0. The number of phenolic OH excluding ortho intramolecular Hbond substituents is 1. The lowest BCUT2D eigenvalue weighted by Crippen LogP contribution is -2.19. The van der Waals surface area contributed by atoms with Gasteiger partial charge in [-0.05, 0) is 42.7 Å². The van der Waals surface area contributed by atoms with Crippen molar-refractivity contribution in [1.82, 2.24) is 5.43 Å². The Bertz CT molecular complexity index is 438. The molecule has 0 saturated heterocycles. The van der Waals surface area contributed by atoms with Crippen LogP contribution in [-0.4, -0.2) is 16.7 Å². The molecule has 0 unspecified atom stereocenters. The van der Waals surface area contributed by atoms with Crippen LogP contribution in [0, 0.1) is 0 Å². The third-order valence-electron chi connectivity index (χ3n) is 3.11. The zero-order valence-corrected chi connectivity index (χ0v) is 12.4. The maximum atomic E-state index is 11.7. The van der Waals surface area contributed by atoms with Crippen LogP contribution < -0.4 is 5.43 Å². The number of rotatable bonds is 8. The summed E-state index contributed by atoms with van der Waals surface area (Å²) in [6.45, 7) is 4.13. The minimum atomic E-state index is -0.0363. The number of nitrogens with one attached hydrogen (secondary N) is 1. The minimum absolute atomic E-state index is 0.0363. The fourth-order valence-corrected chi connectivity index (χ4v) is 1.90. The Morgan fingerprint density at radius 1 is 1.15 bits per heavy atom. The van der Waals surface area contributed by atoms with Crippen molar-refractivity contribution >= 4 is 11.6 Å². The SMILES string of the molecule is CCCCCCC(=O)NN=C(CC)c1ccc(O)cc1. The molecule has 1 rings (SSSR count). The molecule has 0 saturated carbocycles. The summed E-state index contributed by atoms with van der Waals surface area (Å²) in [5, 5.41) is 13.4. The summed E-state index contributed by atoms with van der Waals surface area (Å²) in [5.74, 6) is 0.190. The molecule has 0 heterocycles. The van der Waals surface area contributed by atoms with Gasteiger partial charge in [0.15, 0.2) is 0 Å². The van der Waals surface area contributed by atoms with Gasteiger partial charge >= 0.3 is 0 Å². The summed E-state index contributed by atoms with van der Waals surface area (Å²) in [5.41, 5.74) is 4.34. The monoisotopic (exact) mass is 276 g/mol. The molecule has 4 nitrogen and oxygen atoms in total. The van der Waals surface area contributed by atoms with E-state index in [2.05, 4.69) is 17.5 Å². The van der Waals surface area contributed by atoms with Crippen LogP contribution >= 0.6 is 0 Å². The summed E-state index contributed by atoms with van der Waals surface area (Å²) < 4.78 is 0. The molecule has 4 heteroatoms. The lowest BCUT2D eigenvalue weighted by molar-refractivity contribution is -0.121. The fraction of sp³-hybridized carbons (Fsp3) is 0.500. The largest absolute Gasteiger partial charge is 0.508 e. The molecular weight excluding hydrogens is 252 g/mol. The van der Waals surface area contributed by atoms with Gasteiger partial charge in [-0.25, -0.2) is 5.43 Å². The Balaban J connectivity index is 2.49. The Hall–Kier alpha value is -1.84. The Morgan fingerprint density at radius 3 is 2.45 bits per heavy atom. The summed E-state index contributed by atoms with van der Waals surface area (Å²) in [6.07, 6.45) is 5.59. The van der Waals surface area contributed by atoms with Gasteiger partial charge in [0.05, 0.1) is 5.71 Å².